The lowest BCUT2D eigenvalue weighted by molar-refractivity contribution is 0.262. The van der Waals surface area contributed by atoms with Gasteiger partial charge in [0.15, 0.2) is 5.82 Å². The number of halogens is 1. The number of nitrogens with zero attached hydrogens (tertiary/aromatic N) is 2. The third-order valence-electron chi connectivity index (χ3n) is 3.74. The molecule has 3 rings (SSSR count). The molecular weight excluding hydrogens is 396 g/mol. The smallest absolute Gasteiger partial charge is 0.324 e. The molecule has 0 saturated carbocycles. The number of ether oxygens (including phenoxy) is 1. The van der Waals surface area contributed by atoms with E-state index in [0.717, 1.165) is 5.56 Å². The second kappa shape index (κ2) is 8.05. The molecule has 2 aromatic carbocycles. The van der Waals surface area contributed by atoms with Gasteiger partial charge >= 0.3 is 6.03 Å². The van der Waals surface area contributed by atoms with Crippen LogP contribution in [-0.4, -0.2) is 22.9 Å². The molecule has 2 amide bonds. The molecule has 0 radical (unpaired) electrons. The topological polar surface area (TPSA) is 68.2 Å². The van der Waals surface area contributed by atoms with Gasteiger partial charge in [-0.1, -0.05) is 35.9 Å². The van der Waals surface area contributed by atoms with Crippen molar-refractivity contribution < 1.29 is 9.53 Å². The van der Waals surface area contributed by atoms with Crippen molar-refractivity contribution in [3.63, 3.8) is 0 Å². The lowest BCUT2D eigenvalue weighted by Crippen LogP contribution is -2.20. The van der Waals surface area contributed by atoms with E-state index in [4.69, 9.17) is 4.74 Å². The Balaban J connectivity index is 1.65. The summed E-state index contributed by atoms with van der Waals surface area (Å²) in [5.41, 5.74) is 2.99. The minimum atomic E-state index is -0.375. The summed E-state index contributed by atoms with van der Waals surface area (Å²) >= 11 is 3.43. The molecule has 3 aromatic rings. The van der Waals surface area contributed by atoms with Crippen molar-refractivity contribution in [2.75, 3.05) is 17.7 Å². The normalized spacial score (nSPS) is 10.4. The van der Waals surface area contributed by atoms with Crippen molar-refractivity contribution in [2.45, 2.75) is 13.5 Å². The molecule has 0 fully saturated rings. The summed E-state index contributed by atoms with van der Waals surface area (Å²) in [5, 5.41) is 9.92. The quantitative estimate of drug-likeness (QED) is 0.637. The first-order chi connectivity index (χ1) is 12.5. The second-order valence-corrected chi connectivity index (χ2v) is 6.67. The van der Waals surface area contributed by atoms with E-state index in [2.05, 4.69) is 62.9 Å². The number of rotatable bonds is 5. The van der Waals surface area contributed by atoms with Crippen molar-refractivity contribution in [1.82, 2.24) is 9.78 Å². The molecule has 0 spiro atoms. The zero-order valence-corrected chi connectivity index (χ0v) is 16.1. The van der Waals surface area contributed by atoms with E-state index in [9.17, 15) is 4.79 Å². The molecule has 0 aliphatic rings. The molecule has 0 aliphatic carbocycles. The van der Waals surface area contributed by atoms with Crippen LogP contribution in [0.5, 0.6) is 5.75 Å². The first kappa shape index (κ1) is 18.0. The number of carbonyl (C=O) groups is 1. The van der Waals surface area contributed by atoms with Gasteiger partial charge < -0.3 is 10.1 Å². The fourth-order valence-electron chi connectivity index (χ4n) is 2.41. The van der Waals surface area contributed by atoms with Gasteiger partial charge in [0.05, 0.1) is 18.1 Å². The molecule has 134 valence electrons. The van der Waals surface area contributed by atoms with Crippen LogP contribution in [0.2, 0.25) is 0 Å². The second-order valence-electron chi connectivity index (χ2n) is 5.82. The molecule has 2 N–H and O–H groups in total. The van der Waals surface area contributed by atoms with Crippen molar-refractivity contribution in [1.29, 1.82) is 0 Å². The summed E-state index contributed by atoms with van der Waals surface area (Å²) in [6.45, 7) is 2.68. The first-order valence-corrected chi connectivity index (χ1v) is 8.83. The maximum Gasteiger partial charge on any atom is 0.324 e. The number of methoxy groups -OCH3 is 1. The molecule has 0 unspecified atom stereocenters. The largest absolute Gasteiger partial charge is 0.497 e. The number of aromatic nitrogens is 2. The average molecular weight is 415 g/mol. The van der Waals surface area contributed by atoms with Crippen LogP contribution in [-0.2, 0) is 6.54 Å². The third kappa shape index (κ3) is 4.64. The van der Waals surface area contributed by atoms with E-state index < -0.39 is 0 Å². The van der Waals surface area contributed by atoms with Crippen molar-refractivity contribution in [3.8, 4) is 5.75 Å². The van der Waals surface area contributed by atoms with Gasteiger partial charge in [0.2, 0.25) is 0 Å². The predicted octanol–water partition coefficient (Wildman–Crippen LogP) is 4.65. The van der Waals surface area contributed by atoms with Gasteiger partial charge in [-0.3, -0.25) is 10.00 Å². The number of anilines is 2. The number of hydrogen-bond acceptors (Lipinski definition) is 3. The molecular formula is C19H19BrN4O2. The zero-order chi connectivity index (χ0) is 18.5. The Hall–Kier alpha value is -2.80. The van der Waals surface area contributed by atoms with E-state index in [1.807, 2.05) is 12.3 Å². The molecule has 7 heteroatoms. The van der Waals surface area contributed by atoms with Gasteiger partial charge in [-0.25, -0.2) is 4.79 Å². The van der Waals surface area contributed by atoms with Crippen LogP contribution < -0.4 is 15.4 Å². The van der Waals surface area contributed by atoms with Crippen LogP contribution in [0.15, 0.2) is 59.2 Å². The van der Waals surface area contributed by atoms with E-state index in [-0.39, 0.29) is 6.03 Å². The van der Waals surface area contributed by atoms with E-state index >= 15 is 0 Å². The highest BCUT2D eigenvalue weighted by atomic mass is 79.9. The summed E-state index contributed by atoms with van der Waals surface area (Å²) in [4.78, 5) is 12.2. The number of benzene rings is 2. The van der Waals surface area contributed by atoms with Gasteiger partial charge in [-0.15, -0.1) is 0 Å². The average Bonchev–Trinajstić information content (AvgIpc) is 2.96. The lowest BCUT2D eigenvalue weighted by Gasteiger charge is -2.07. The summed E-state index contributed by atoms with van der Waals surface area (Å²) in [6, 6.07) is 15.0. The lowest BCUT2D eigenvalue weighted by atomic mass is 10.1. The standard InChI is InChI=1S/C19H19BrN4O2/c1-13-6-8-14(9-7-13)11-24-12-17(20)18(23-24)22-19(25)21-15-4-3-5-16(10-15)26-2/h3-10,12H,11H2,1-2H3,(H2,21,22,23,25). The van der Waals surface area contributed by atoms with Crippen LogP contribution in [0.3, 0.4) is 0 Å². The Morgan fingerprint density at radius 1 is 1.19 bits per heavy atom. The van der Waals surface area contributed by atoms with Crippen LogP contribution >= 0.6 is 15.9 Å². The highest BCUT2D eigenvalue weighted by Crippen LogP contribution is 2.22. The van der Waals surface area contributed by atoms with Gasteiger partial charge in [-0.05, 0) is 40.5 Å². The summed E-state index contributed by atoms with van der Waals surface area (Å²) in [6.07, 6.45) is 1.83. The number of aryl methyl sites for hydroxylation is 1. The highest BCUT2D eigenvalue weighted by Gasteiger charge is 2.11. The Bertz CT molecular complexity index is 906. The van der Waals surface area contributed by atoms with Gasteiger partial charge in [0, 0.05) is 18.0 Å². The summed E-state index contributed by atoms with van der Waals surface area (Å²) in [5.74, 6) is 1.13. The number of hydrogen-bond donors (Lipinski definition) is 2. The monoisotopic (exact) mass is 414 g/mol. The Morgan fingerprint density at radius 3 is 2.69 bits per heavy atom. The van der Waals surface area contributed by atoms with Crippen LogP contribution in [0.25, 0.3) is 0 Å². The summed E-state index contributed by atoms with van der Waals surface area (Å²) < 4.78 is 7.63. The Morgan fingerprint density at radius 2 is 1.96 bits per heavy atom. The van der Waals surface area contributed by atoms with Gasteiger partial charge in [-0.2, -0.15) is 5.10 Å². The van der Waals surface area contributed by atoms with Crippen LogP contribution in [0.4, 0.5) is 16.3 Å². The van der Waals surface area contributed by atoms with Crippen LogP contribution in [0.1, 0.15) is 11.1 Å². The maximum atomic E-state index is 12.2. The number of nitrogens with one attached hydrogen (secondary N) is 2. The Kier molecular flexibility index (Phi) is 5.58. The summed E-state index contributed by atoms with van der Waals surface area (Å²) in [7, 11) is 1.58. The van der Waals surface area contributed by atoms with Gasteiger partial charge in [0.25, 0.3) is 0 Å². The first-order valence-electron chi connectivity index (χ1n) is 8.04. The van der Waals surface area contributed by atoms with Crippen LogP contribution in [0, 0.1) is 6.92 Å². The maximum absolute atomic E-state index is 12.2. The van der Waals surface area contributed by atoms with Crippen molar-refractivity contribution in [2.24, 2.45) is 0 Å². The highest BCUT2D eigenvalue weighted by molar-refractivity contribution is 9.10. The minimum Gasteiger partial charge on any atom is -0.497 e. The van der Waals surface area contributed by atoms with E-state index in [0.29, 0.717) is 28.3 Å². The molecule has 0 atom stereocenters. The fraction of sp³-hybridized carbons (Fsp3) is 0.158. The molecule has 26 heavy (non-hydrogen) atoms. The van der Waals surface area contributed by atoms with Gasteiger partial charge in [0.1, 0.15) is 5.75 Å². The third-order valence-corrected chi connectivity index (χ3v) is 4.32. The molecule has 0 bridgehead atoms. The fourth-order valence-corrected chi connectivity index (χ4v) is 2.83. The zero-order valence-electron chi connectivity index (χ0n) is 14.5. The Labute approximate surface area is 160 Å². The van der Waals surface area contributed by atoms with Crippen molar-refractivity contribution >= 4 is 33.5 Å². The molecule has 0 aliphatic heterocycles. The SMILES string of the molecule is COc1cccc(NC(=O)Nc2nn(Cc3ccc(C)cc3)cc2Br)c1. The number of amides is 2. The van der Waals surface area contributed by atoms with E-state index in [1.165, 1.54) is 5.56 Å². The predicted molar refractivity (Wildman–Crippen MR) is 106 cm³/mol. The number of urea groups is 1. The van der Waals surface area contributed by atoms with Crippen molar-refractivity contribution in [3.05, 3.63) is 70.3 Å². The van der Waals surface area contributed by atoms with E-state index in [1.54, 1.807) is 30.0 Å². The number of carbonyl (C=O) groups excluding carboxylic acids is 1. The molecule has 0 saturated heterocycles. The molecule has 6 nitrogen and oxygen atoms in total. The minimum absolute atomic E-state index is 0.375. The molecule has 1 heterocycles. The molecule has 1 aromatic heterocycles.